The van der Waals surface area contributed by atoms with E-state index in [0.29, 0.717) is 12.3 Å². The van der Waals surface area contributed by atoms with Crippen molar-refractivity contribution in [3.8, 4) is 0 Å². The maximum atomic E-state index is 10.7. The summed E-state index contributed by atoms with van der Waals surface area (Å²) in [4.78, 5) is 1.85. The average Bonchev–Trinajstić information content (AvgIpc) is 2.14. The van der Waals surface area contributed by atoms with Crippen molar-refractivity contribution in [3.63, 3.8) is 0 Å². The third-order valence-electron chi connectivity index (χ3n) is 2.05. The predicted molar refractivity (Wildman–Crippen MR) is 53.3 cm³/mol. The first-order valence-electron chi connectivity index (χ1n) is 4.23. The second-order valence-electron chi connectivity index (χ2n) is 3.15. The van der Waals surface area contributed by atoms with Crippen molar-refractivity contribution < 1.29 is 8.42 Å². The SMILES string of the molecule is CN1CCCCC/C1=N\S(=O)(=O)Cl. The highest BCUT2D eigenvalue weighted by Crippen LogP contribution is 2.12. The minimum Gasteiger partial charge on any atom is -0.362 e. The van der Waals surface area contributed by atoms with Crippen LogP contribution in [0.3, 0.4) is 0 Å². The van der Waals surface area contributed by atoms with Crippen LogP contribution in [0.25, 0.3) is 0 Å². The van der Waals surface area contributed by atoms with Gasteiger partial charge in [-0.15, -0.1) is 4.40 Å². The number of hydrogen-bond acceptors (Lipinski definition) is 2. The molecule has 4 nitrogen and oxygen atoms in total. The van der Waals surface area contributed by atoms with Gasteiger partial charge in [-0.3, -0.25) is 0 Å². The summed E-state index contributed by atoms with van der Waals surface area (Å²) in [6, 6.07) is 0. The van der Waals surface area contributed by atoms with E-state index in [1.54, 1.807) is 0 Å². The topological polar surface area (TPSA) is 49.7 Å². The zero-order valence-corrected chi connectivity index (χ0v) is 9.11. The molecule has 0 saturated carbocycles. The highest BCUT2D eigenvalue weighted by Gasteiger charge is 2.13. The predicted octanol–water partition coefficient (Wildman–Crippen LogP) is 1.37. The lowest BCUT2D eigenvalue weighted by Crippen LogP contribution is -2.26. The summed E-state index contributed by atoms with van der Waals surface area (Å²) >= 11 is 0. The molecule has 1 aliphatic heterocycles. The number of amidine groups is 1. The van der Waals surface area contributed by atoms with Gasteiger partial charge in [0.25, 0.3) is 0 Å². The number of halogens is 1. The molecule has 0 radical (unpaired) electrons. The van der Waals surface area contributed by atoms with E-state index in [-0.39, 0.29) is 0 Å². The third-order valence-corrected chi connectivity index (χ3v) is 2.68. The molecule has 1 saturated heterocycles. The summed E-state index contributed by atoms with van der Waals surface area (Å²) in [5.74, 6) is 0.576. The molecule has 0 aliphatic carbocycles. The molecule has 0 amide bonds. The van der Waals surface area contributed by atoms with Gasteiger partial charge in [-0.25, -0.2) is 0 Å². The standard InChI is InChI=1S/C7H13ClN2O2S/c1-10-6-4-2-3-5-7(10)9-13(8,11)12/h2-6H2,1H3/b9-7+. The molecule has 6 heteroatoms. The zero-order valence-electron chi connectivity index (χ0n) is 7.53. The van der Waals surface area contributed by atoms with Crippen LogP contribution in [-0.4, -0.2) is 32.7 Å². The van der Waals surface area contributed by atoms with Gasteiger partial charge in [0, 0.05) is 30.7 Å². The van der Waals surface area contributed by atoms with Crippen molar-refractivity contribution in [3.05, 3.63) is 0 Å². The molecule has 0 aromatic rings. The van der Waals surface area contributed by atoms with Gasteiger partial charge in [0.15, 0.2) is 0 Å². The smallest absolute Gasteiger partial charge is 0.341 e. The molecule has 0 aromatic heterocycles. The van der Waals surface area contributed by atoms with E-state index in [2.05, 4.69) is 4.40 Å². The molecule has 0 spiro atoms. The first kappa shape index (κ1) is 10.8. The maximum Gasteiger partial charge on any atom is 0.341 e. The van der Waals surface area contributed by atoms with Crippen LogP contribution in [0.1, 0.15) is 25.7 Å². The average molecular weight is 225 g/mol. The van der Waals surface area contributed by atoms with E-state index in [0.717, 1.165) is 25.8 Å². The molecule has 1 aliphatic rings. The van der Waals surface area contributed by atoms with Crippen LogP contribution in [0, 0.1) is 0 Å². The van der Waals surface area contributed by atoms with Gasteiger partial charge in [-0.1, -0.05) is 6.42 Å². The Labute approximate surface area is 83.1 Å². The Balaban J connectivity index is 2.81. The second-order valence-corrected chi connectivity index (χ2v) is 5.33. The molecule has 1 rings (SSSR count). The quantitative estimate of drug-likeness (QED) is 0.633. The van der Waals surface area contributed by atoms with Gasteiger partial charge >= 0.3 is 9.24 Å². The lowest BCUT2D eigenvalue weighted by molar-refractivity contribution is 0.494. The van der Waals surface area contributed by atoms with Crippen LogP contribution in [0.5, 0.6) is 0 Å². The van der Waals surface area contributed by atoms with Crippen molar-refractivity contribution in [1.29, 1.82) is 0 Å². The fourth-order valence-electron chi connectivity index (χ4n) is 1.37. The zero-order chi connectivity index (χ0) is 9.90. The second kappa shape index (κ2) is 4.28. The summed E-state index contributed by atoms with van der Waals surface area (Å²) in [5, 5.41) is 0. The van der Waals surface area contributed by atoms with Crippen LogP contribution in [0.15, 0.2) is 4.40 Å². The van der Waals surface area contributed by atoms with Gasteiger partial charge in [0.2, 0.25) is 0 Å². The molecule has 0 N–H and O–H groups in total. The van der Waals surface area contributed by atoms with Crippen LogP contribution in [-0.2, 0) is 9.24 Å². The highest BCUT2D eigenvalue weighted by atomic mass is 35.7. The lowest BCUT2D eigenvalue weighted by atomic mass is 10.2. The van der Waals surface area contributed by atoms with Gasteiger partial charge in [0.05, 0.1) is 0 Å². The highest BCUT2D eigenvalue weighted by molar-refractivity contribution is 8.12. The van der Waals surface area contributed by atoms with E-state index >= 15 is 0 Å². The summed E-state index contributed by atoms with van der Waals surface area (Å²) in [5.41, 5.74) is 0. The first-order valence-corrected chi connectivity index (χ1v) is 6.50. The fourth-order valence-corrected chi connectivity index (χ4v) is 2.09. The van der Waals surface area contributed by atoms with Crippen molar-refractivity contribution in [2.75, 3.05) is 13.6 Å². The molecule has 1 heterocycles. The summed E-state index contributed by atoms with van der Waals surface area (Å²) in [6.45, 7) is 0.852. The fraction of sp³-hybridized carbons (Fsp3) is 0.857. The molecule has 0 unspecified atom stereocenters. The summed E-state index contributed by atoms with van der Waals surface area (Å²) in [7, 11) is 3.13. The summed E-state index contributed by atoms with van der Waals surface area (Å²) < 4.78 is 24.9. The van der Waals surface area contributed by atoms with Gasteiger partial charge in [-0.2, -0.15) is 8.42 Å². The number of likely N-dealkylation sites (tertiary alicyclic amines) is 1. The largest absolute Gasteiger partial charge is 0.362 e. The van der Waals surface area contributed by atoms with E-state index in [1.165, 1.54) is 0 Å². The first-order chi connectivity index (χ1) is 5.99. The summed E-state index contributed by atoms with van der Waals surface area (Å²) in [6.07, 6.45) is 3.88. The van der Waals surface area contributed by atoms with Crippen molar-refractivity contribution in [2.24, 2.45) is 4.40 Å². The van der Waals surface area contributed by atoms with E-state index in [1.807, 2.05) is 11.9 Å². The molecule has 0 bridgehead atoms. The van der Waals surface area contributed by atoms with Crippen LogP contribution in [0.2, 0.25) is 0 Å². The van der Waals surface area contributed by atoms with Gasteiger partial charge in [0.1, 0.15) is 5.84 Å². The monoisotopic (exact) mass is 224 g/mol. The number of nitrogens with zero attached hydrogens (tertiary/aromatic N) is 2. The minimum atomic E-state index is -3.75. The Hall–Kier alpha value is -0.290. The Morgan fingerprint density at radius 3 is 2.69 bits per heavy atom. The van der Waals surface area contributed by atoms with E-state index in [4.69, 9.17) is 10.7 Å². The molecule has 1 fully saturated rings. The third kappa shape index (κ3) is 3.95. The molecular formula is C7H13ClN2O2S. The molecule has 13 heavy (non-hydrogen) atoms. The van der Waals surface area contributed by atoms with Crippen LogP contribution >= 0.6 is 10.7 Å². The Morgan fingerprint density at radius 2 is 2.08 bits per heavy atom. The van der Waals surface area contributed by atoms with E-state index in [9.17, 15) is 8.42 Å². The normalized spacial score (nSPS) is 23.2. The molecule has 0 aromatic carbocycles. The number of hydrogen-bond donors (Lipinski definition) is 0. The van der Waals surface area contributed by atoms with Gasteiger partial charge in [-0.05, 0) is 12.8 Å². The molecule has 76 valence electrons. The maximum absolute atomic E-state index is 10.7. The lowest BCUT2D eigenvalue weighted by Gasteiger charge is -2.16. The molecular weight excluding hydrogens is 212 g/mol. The van der Waals surface area contributed by atoms with Crippen molar-refractivity contribution >= 4 is 25.8 Å². The van der Waals surface area contributed by atoms with Crippen LogP contribution < -0.4 is 0 Å². The molecule has 0 atom stereocenters. The number of rotatable bonds is 1. The Kier molecular flexibility index (Phi) is 3.55. The van der Waals surface area contributed by atoms with Crippen molar-refractivity contribution in [2.45, 2.75) is 25.7 Å². The van der Waals surface area contributed by atoms with Crippen molar-refractivity contribution in [1.82, 2.24) is 4.90 Å². The van der Waals surface area contributed by atoms with E-state index < -0.39 is 9.24 Å². The van der Waals surface area contributed by atoms with Crippen LogP contribution in [0.4, 0.5) is 0 Å². The minimum absolute atomic E-state index is 0.576. The Bertz CT molecular complexity index is 300. The van der Waals surface area contributed by atoms with Gasteiger partial charge < -0.3 is 4.90 Å². The Morgan fingerprint density at radius 1 is 1.38 bits per heavy atom.